The van der Waals surface area contributed by atoms with Gasteiger partial charge in [-0.15, -0.1) is 0 Å². The summed E-state index contributed by atoms with van der Waals surface area (Å²) in [6, 6.07) is 12.2. The highest BCUT2D eigenvalue weighted by atomic mass is 32.2. The molecule has 2 rings (SSSR count). The van der Waals surface area contributed by atoms with Crippen molar-refractivity contribution in [3.05, 3.63) is 59.5 Å². The van der Waals surface area contributed by atoms with Gasteiger partial charge in [-0.3, -0.25) is 4.79 Å². The van der Waals surface area contributed by atoms with Crippen molar-refractivity contribution in [1.82, 2.24) is 5.32 Å². The molecule has 0 unspecified atom stereocenters. The van der Waals surface area contributed by atoms with Gasteiger partial charge >= 0.3 is 5.97 Å². The van der Waals surface area contributed by atoms with E-state index in [9.17, 15) is 18.0 Å². The van der Waals surface area contributed by atoms with Gasteiger partial charge in [0.2, 0.25) is 11.7 Å². The van der Waals surface area contributed by atoms with E-state index in [1.807, 2.05) is 30.3 Å². The smallest absolute Gasteiger partial charge is 0.371 e. The molecule has 1 aromatic heterocycles. The fourth-order valence-corrected chi connectivity index (χ4v) is 3.47. The number of furan rings is 1. The number of rotatable bonds is 9. The van der Waals surface area contributed by atoms with Crippen LogP contribution in [0.2, 0.25) is 0 Å². The Labute approximate surface area is 145 Å². The quantitative estimate of drug-likeness (QED) is 0.698. The number of nitrogens with one attached hydrogen (secondary N) is 1. The van der Waals surface area contributed by atoms with Gasteiger partial charge in [-0.1, -0.05) is 30.3 Å². The molecule has 2 N–H and O–H groups in total. The highest BCUT2D eigenvalue weighted by Gasteiger charge is 2.17. The molecule has 0 saturated carbocycles. The highest BCUT2D eigenvalue weighted by molar-refractivity contribution is 7.92. The molecule has 0 atom stereocenters. The summed E-state index contributed by atoms with van der Waals surface area (Å²) in [6.07, 6.45) is 1.08. The Morgan fingerprint density at radius 1 is 1.08 bits per heavy atom. The Bertz CT molecular complexity index is 826. The van der Waals surface area contributed by atoms with Crippen LogP contribution >= 0.6 is 0 Å². The maximum absolute atomic E-state index is 12.0. The van der Waals surface area contributed by atoms with E-state index in [4.69, 9.17) is 9.52 Å². The van der Waals surface area contributed by atoms with Gasteiger partial charge in [0.15, 0.2) is 9.84 Å². The van der Waals surface area contributed by atoms with Crippen LogP contribution in [-0.4, -0.2) is 36.9 Å². The maximum atomic E-state index is 12.0. The van der Waals surface area contributed by atoms with Crippen LogP contribution in [0.5, 0.6) is 0 Å². The number of carboxylic acid groups (broad SMARTS) is 1. The van der Waals surface area contributed by atoms with Crippen LogP contribution in [0.3, 0.4) is 0 Å². The monoisotopic (exact) mass is 365 g/mol. The molecule has 0 aliphatic heterocycles. The van der Waals surface area contributed by atoms with Crippen molar-refractivity contribution in [1.29, 1.82) is 0 Å². The Hall–Kier alpha value is -2.61. The average molecular weight is 365 g/mol. The summed E-state index contributed by atoms with van der Waals surface area (Å²) < 4.78 is 28.9. The molecule has 134 valence electrons. The molecule has 0 saturated heterocycles. The maximum Gasteiger partial charge on any atom is 0.371 e. The van der Waals surface area contributed by atoms with E-state index in [0.717, 1.165) is 5.56 Å². The van der Waals surface area contributed by atoms with E-state index < -0.39 is 27.5 Å². The van der Waals surface area contributed by atoms with E-state index in [2.05, 4.69) is 5.32 Å². The first-order chi connectivity index (χ1) is 11.9. The summed E-state index contributed by atoms with van der Waals surface area (Å²) >= 11 is 0. The van der Waals surface area contributed by atoms with E-state index in [1.165, 1.54) is 12.1 Å². The zero-order valence-electron chi connectivity index (χ0n) is 13.5. The van der Waals surface area contributed by atoms with Gasteiger partial charge < -0.3 is 14.8 Å². The second-order valence-electron chi connectivity index (χ2n) is 5.53. The lowest BCUT2D eigenvalue weighted by molar-refractivity contribution is -0.118. The summed E-state index contributed by atoms with van der Waals surface area (Å²) in [5.74, 6) is -2.52. The van der Waals surface area contributed by atoms with Crippen molar-refractivity contribution in [2.24, 2.45) is 0 Å². The van der Waals surface area contributed by atoms with Crippen molar-refractivity contribution < 1.29 is 27.5 Å². The minimum atomic E-state index is -3.50. The summed E-state index contributed by atoms with van der Waals surface area (Å²) in [7, 11) is -3.50. The predicted molar refractivity (Wildman–Crippen MR) is 90.9 cm³/mol. The van der Waals surface area contributed by atoms with Gasteiger partial charge in [0.05, 0.1) is 12.3 Å². The second kappa shape index (κ2) is 8.48. The highest BCUT2D eigenvalue weighted by Crippen LogP contribution is 2.08. The lowest BCUT2D eigenvalue weighted by atomic mass is 10.1. The fourth-order valence-electron chi connectivity index (χ4n) is 2.24. The predicted octanol–water partition coefficient (Wildman–Crippen LogP) is 1.64. The van der Waals surface area contributed by atoms with Gasteiger partial charge in [0, 0.05) is 0 Å². The van der Waals surface area contributed by atoms with Crippen LogP contribution in [-0.2, 0) is 27.6 Å². The third-order valence-electron chi connectivity index (χ3n) is 3.45. The van der Waals surface area contributed by atoms with E-state index in [0.29, 0.717) is 12.8 Å². The molecule has 1 aromatic carbocycles. The number of hydrogen-bond donors (Lipinski definition) is 2. The van der Waals surface area contributed by atoms with Gasteiger partial charge in [0.25, 0.3) is 0 Å². The molecule has 0 aliphatic carbocycles. The number of benzene rings is 1. The van der Waals surface area contributed by atoms with Crippen LogP contribution in [0.1, 0.15) is 28.3 Å². The molecule has 0 fully saturated rings. The molecule has 8 heteroatoms. The number of aromatic carboxylic acids is 1. The first-order valence-corrected chi connectivity index (χ1v) is 9.51. The fraction of sp³-hybridized carbons (Fsp3) is 0.294. The van der Waals surface area contributed by atoms with Crippen LogP contribution in [0.15, 0.2) is 46.9 Å². The zero-order chi connectivity index (χ0) is 18.3. The van der Waals surface area contributed by atoms with E-state index >= 15 is 0 Å². The molecule has 2 aromatic rings. The summed E-state index contributed by atoms with van der Waals surface area (Å²) in [5, 5.41) is 11.1. The number of carbonyl (C=O) groups is 2. The molecule has 0 radical (unpaired) electrons. The van der Waals surface area contributed by atoms with Crippen molar-refractivity contribution >= 4 is 21.7 Å². The molecule has 25 heavy (non-hydrogen) atoms. The zero-order valence-corrected chi connectivity index (χ0v) is 14.3. The molecule has 0 spiro atoms. The van der Waals surface area contributed by atoms with Crippen molar-refractivity contribution in [3.8, 4) is 0 Å². The third-order valence-corrected chi connectivity index (χ3v) is 5.06. The van der Waals surface area contributed by atoms with Crippen molar-refractivity contribution in [3.63, 3.8) is 0 Å². The van der Waals surface area contributed by atoms with Crippen molar-refractivity contribution in [2.45, 2.75) is 19.4 Å². The number of carbonyl (C=O) groups excluding carboxylic acids is 1. The van der Waals surface area contributed by atoms with Gasteiger partial charge in [-0.05, 0) is 30.5 Å². The topological polar surface area (TPSA) is 114 Å². The van der Waals surface area contributed by atoms with Gasteiger partial charge in [0.1, 0.15) is 11.5 Å². The SMILES string of the molecule is O=C(CS(=O)(=O)CCCc1ccccc1)NCc1ccc(C(=O)O)o1. The van der Waals surface area contributed by atoms with Crippen molar-refractivity contribution in [2.75, 3.05) is 11.5 Å². The average Bonchev–Trinajstić information content (AvgIpc) is 3.02. The third kappa shape index (κ3) is 6.42. The second-order valence-corrected chi connectivity index (χ2v) is 7.71. The molecule has 7 nitrogen and oxygen atoms in total. The number of aryl methyl sites for hydroxylation is 1. The standard InChI is InChI=1S/C17H19NO6S/c19-16(18-11-14-8-9-15(24-14)17(20)21)12-25(22,23)10-4-7-13-5-2-1-3-6-13/h1-3,5-6,8-9H,4,7,10-12H2,(H,18,19)(H,20,21). The Morgan fingerprint density at radius 3 is 2.44 bits per heavy atom. The lowest BCUT2D eigenvalue weighted by Gasteiger charge is -2.06. The molecular weight excluding hydrogens is 346 g/mol. The largest absolute Gasteiger partial charge is 0.475 e. The first kappa shape index (κ1) is 18.7. The minimum absolute atomic E-state index is 0.0638. The number of carboxylic acids is 1. The summed E-state index contributed by atoms with van der Waals surface area (Å²) in [5.41, 5.74) is 1.05. The Balaban J connectivity index is 1.75. The lowest BCUT2D eigenvalue weighted by Crippen LogP contribution is -2.30. The summed E-state index contributed by atoms with van der Waals surface area (Å²) in [4.78, 5) is 22.4. The normalized spacial score (nSPS) is 11.2. The van der Waals surface area contributed by atoms with Gasteiger partial charge in [-0.25, -0.2) is 13.2 Å². The van der Waals surface area contributed by atoms with E-state index in [-0.39, 0.29) is 23.8 Å². The minimum Gasteiger partial charge on any atom is -0.475 e. The number of hydrogen-bond acceptors (Lipinski definition) is 5. The number of sulfone groups is 1. The van der Waals surface area contributed by atoms with Crippen LogP contribution in [0.25, 0.3) is 0 Å². The summed E-state index contributed by atoms with van der Waals surface area (Å²) in [6.45, 7) is -0.0638. The van der Waals surface area contributed by atoms with Gasteiger partial charge in [-0.2, -0.15) is 0 Å². The van der Waals surface area contributed by atoms with Crippen LogP contribution in [0, 0.1) is 0 Å². The number of amides is 1. The molecular formula is C17H19NO6S. The molecule has 0 bridgehead atoms. The molecule has 1 amide bonds. The Morgan fingerprint density at radius 2 is 1.80 bits per heavy atom. The molecule has 0 aliphatic rings. The molecule has 1 heterocycles. The van der Waals surface area contributed by atoms with Crippen LogP contribution in [0.4, 0.5) is 0 Å². The first-order valence-electron chi connectivity index (χ1n) is 7.69. The Kier molecular flexibility index (Phi) is 6.35. The van der Waals surface area contributed by atoms with E-state index in [1.54, 1.807) is 0 Å². The van der Waals surface area contributed by atoms with Crippen LogP contribution < -0.4 is 5.32 Å².